The van der Waals surface area contributed by atoms with E-state index in [0.29, 0.717) is 19.4 Å². The summed E-state index contributed by atoms with van der Waals surface area (Å²) in [5.41, 5.74) is 3.83. The molecule has 3 aromatic rings. The molecule has 166 valence electrons. The number of esters is 1. The van der Waals surface area contributed by atoms with Gasteiger partial charge in [0.1, 0.15) is 0 Å². The number of ether oxygens (including phenoxy) is 1. The fourth-order valence-corrected chi connectivity index (χ4v) is 2.90. The molecule has 0 aromatic carbocycles. The smallest absolute Gasteiger partial charge is 0.355 e. The van der Waals surface area contributed by atoms with E-state index in [2.05, 4.69) is 20.2 Å². The molecule has 14 heteroatoms. The lowest BCUT2D eigenvalue weighted by Gasteiger charge is -2.33. The maximum absolute atomic E-state index is 12.1. The minimum Gasteiger partial charge on any atom is -0.466 e. The third kappa shape index (κ3) is 5.45. The summed E-state index contributed by atoms with van der Waals surface area (Å²) >= 11 is 0. The quantitative estimate of drug-likeness (QED) is 0.274. The molecule has 0 radical (unpaired) electrons. The predicted octanol–water partition coefficient (Wildman–Crippen LogP) is -0.322. The number of nitrogens with two attached hydrogens (primary N) is 1. The Morgan fingerprint density at radius 2 is 1.94 bits per heavy atom. The summed E-state index contributed by atoms with van der Waals surface area (Å²) in [5.74, 6) is -0.543. The van der Waals surface area contributed by atoms with Crippen molar-refractivity contribution in [3.8, 4) is 5.95 Å². The van der Waals surface area contributed by atoms with E-state index >= 15 is 0 Å². The number of H-pyrrole nitrogens is 1. The van der Waals surface area contributed by atoms with E-state index < -0.39 is 11.4 Å². The Kier molecular flexibility index (Phi) is 7.85. The predicted molar refractivity (Wildman–Crippen MR) is 111 cm³/mol. The van der Waals surface area contributed by atoms with Gasteiger partial charge in [0.15, 0.2) is 0 Å². The van der Waals surface area contributed by atoms with Crippen LogP contribution in [0, 0.1) is 11.3 Å². The van der Waals surface area contributed by atoms with Gasteiger partial charge >= 0.3 is 17.3 Å². The molecule has 31 heavy (non-hydrogen) atoms. The Bertz CT molecular complexity index is 1080. The van der Waals surface area contributed by atoms with Crippen LogP contribution < -0.4 is 17.1 Å². The van der Waals surface area contributed by atoms with Gasteiger partial charge in [-0.2, -0.15) is 15.2 Å². The highest BCUT2D eigenvalue weighted by Gasteiger charge is 2.38. The number of hydrogen-bond donors (Lipinski definition) is 3. The van der Waals surface area contributed by atoms with E-state index in [0.717, 1.165) is 4.57 Å². The van der Waals surface area contributed by atoms with Crippen LogP contribution in [-0.4, -0.2) is 52.6 Å². The molecule has 1 saturated carbocycles. The first-order chi connectivity index (χ1) is 14.4. The Balaban J connectivity index is 0.000000322. The number of aromatic amines is 1. The molecule has 0 amide bonds. The molecular formula is C17H22ClN9O4. The molecular weight excluding hydrogens is 430 g/mol. The van der Waals surface area contributed by atoms with Gasteiger partial charge in [-0.1, -0.05) is 0 Å². The second-order valence-electron chi connectivity index (χ2n) is 6.38. The van der Waals surface area contributed by atoms with Gasteiger partial charge in [-0.25, -0.2) is 23.5 Å². The zero-order valence-corrected chi connectivity index (χ0v) is 17.4. The molecule has 1 fully saturated rings. The van der Waals surface area contributed by atoms with Crippen LogP contribution >= 0.6 is 12.4 Å². The second-order valence-corrected chi connectivity index (χ2v) is 6.38. The lowest BCUT2D eigenvalue weighted by molar-refractivity contribution is -0.152. The van der Waals surface area contributed by atoms with Gasteiger partial charge in [0.25, 0.3) is 0 Å². The van der Waals surface area contributed by atoms with E-state index in [1.54, 1.807) is 37.6 Å². The van der Waals surface area contributed by atoms with Crippen molar-refractivity contribution in [3.05, 3.63) is 57.9 Å². The van der Waals surface area contributed by atoms with Crippen molar-refractivity contribution in [2.45, 2.75) is 25.8 Å². The molecule has 1 aliphatic rings. The van der Waals surface area contributed by atoms with Crippen molar-refractivity contribution in [3.63, 3.8) is 0 Å². The van der Waals surface area contributed by atoms with Gasteiger partial charge in [0.2, 0.25) is 11.9 Å². The standard InChI is InChI=1S/C13H15N5O4.C4H6N4.ClH/c1-2-22-10(19)8-6-9(7-8)18-12(20)15-11(16-13(18)21)17-5-3-4-14-17;5-4(6)8-3-1-2-7-8;/h3-5,8-9H,2,6-7H2,1H3,(H,15,16,20,21);1-3H,(H3,5,6);1H. The highest BCUT2D eigenvalue weighted by molar-refractivity contribution is 5.85. The average molecular weight is 452 g/mol. The normalized spacial score (nSPS) is 16.8. The fraction of sp³-hybridized carbons (Fsp3) is 0.353. The molecule has 3 heterocycles. The fourth-order valence-electron chi connectivity index (χ4n) is 2.90. The molecule has 0 saturated heterocycles. The molecule has 0 spiro atoms. The number of nitrogen functional groups attached to an aromatic ring is 1. The van der Waals surface area contributed by atoms with Crippen molar-refractivity contribution >= 4 is 24.3 Å². The van der Waals surface area contributed by atoms with Crippen molar-refractivity contribution in [1.29, 1.82) is 5.41 Å². The third-order valence-corrected chi connectivity index (χ3v) is 4.42. The van der Waals surface area contributed by atoms with Crippen LogP contribution in [0.15, 0.2) is 46.5 Å². The lowest BCUT2D eigenvalue weighted by atomic mass is 9.80. The zero-order valence-electron chi connectivity index (χ0n) is 16.5. The Labute approximate surface area is 181 Å². The van der Waals surface area contributed by atoms with Crippen LogP contribution in [0.5, 0.6) is 0 Å². The number of hydrogen-bond acceptors (Lipinski definition) is 8. The molecule has 4 N–H and O–H groups in total. The lowest BCUT2D eigenvalue weighted by Crippen LogP contribution is -2.46. The Morgan fingerprint density at radius 3 is 2.42 bits per heavy atom. The summed E-state index contributed by atoms with van der Waals surface area (Å²) < 4.78 is 8.54. The molecule has 0 unspecified atom stereocenters. The van der Waals surface area contributed by atoms with E-state index in [4.69, 9.17) is 15.9 Å². The van der Waals surface area contributed by atoms with Crippen molar-refractivity contribution in [1.82, 2.24) is 34.1 Å². The largest absolute Gasteiger partial charge is 0.466 e. The zero-order chi connectivity index (χ0) is 21.7. The summed E-state index contributed by atoms with van der Waals surface area (Å²) in [4.78, 5) is 42.1. The minimum atomic E-state index is -0.651. The van der Waals surface area contributed by atoms with E-state index in [-0.39, 0.29) is 42.2 Å². The number of carbonyl (C=O) groups is 1. The summed E-state index contributed by atoms with van der Waals surface area (Å²) in [5, 5.41) is 14.4. The van der Waals surface area contributed by atoms with Crippen LogP contribution in [0.1, 0.15) is 25.8 Å². The number of carbonyl (C=O) groups excluding carboxylic acids is 1. The molecule has 0 atom stereocenters. The average Bonchev–Trinajstić information content (AvgIpc) is 3.37. The van der Waals surface area contributed by atoms with Gasteiger partial charge in [0, 0.05) is 30.8 Å². The van der Waals surface area contributed by atoms with Crippen LogP contribution in [0.4, 0.5) is 0 Å². The van der Waals surface area contributed by atoms with Crippen LogP contribution in [0.25, 0.3) is 5.95 Å². The van der Waals surface area contributed by atoms with E-state index in [1.165, 1.54) is 15.6 Å². The maximum Gasteiger partial charge on any atom is 0.355 e. The van der Waals surface area contributed by atoms with E-state index in [1.807, 2.05) is 0 Å². The topological polar surface area (TPSA) is 180 Å². The Hall–Kier alpha value is -3.74. The molecule has 4 rings (SSSR count). The monoisotopic (exact) mass is 451 g/mol. The number of rotatable bonds is 4. The van der Waals surface area contributed by atoms with Crippen molar-refractivity contribution < 1.29 is 9.53 Å². The molecule has 13 nitrogen and oxygen atoms in total. The Morgan fingerprint density at radius 1 is 1.26 bits per heavy atom. The van der Waals surface area contributed by atoms with Crippen LogP contribution in [0.3, 0.4) is 0 Å². The minimum absolute atomic E-state index is 0. The third-order valence-electron chi connectivity index (χ3n) is 4.42. The first-order valence-electron chi connectivity index (χ1n) is 9.14. The molecule has 1 aliphatic carbocycles. The van der Waals surface area contributed by atoms with Crippen LogP contribution in [-0.2, 0) is 9.53 Å². The SMILES string of the molecule is CCOC(=O)C1CC(n2c(=O)nc(-n3cccn3)[nH]c2=O)C1.Cl.N=C(N)n1cccn1. The number of nitrogens with one attached hydrogen (secondary N) is 2. The number of aromatic nitrogens is 7. The van der Waals surface area contributed by atoms with Crippen LogP contribution in [0.2, 0.25) is 0 Å². The first-order valence-corrected chi connectivity index (χ1v) is 9.14. The van der Waals surface area contributed by atoms with Crippen molar-refractivity contribution in [2.24, 2.45) is 11.7 Å². The number of nitrogens with zero attached hydrogens (tertiary/aromatic N) is 6. The molecule has 3 aromatic heterocycles. The second kappa shape index (κ2) is 10.3. The summed E-state index contributed by atoms with van der Waals surface area (Å²) in [6.07, 6.45) is 7.09. The summed E-state index contributed by atoms with van der Waals surface area (Å²) in [6, 6.07) is 3.04. The van der Waals surface area contributed by atoms with Gasteiger partial charge in [0.05, 0.1) is 12.5 Å². The highest BCUT2D eigenvalue weighted by Crippen LogP contribution is 2.36. The molecule has 0 bridgehead atoms. The van der Waals surface area contributed by atoms with Crippen molar-refractivity contribution in [2.75, 3.05) is 6.61 Å². The molecule has 0 aliphatic heterocycles. The highest BCUT2D eigenvalue weighted by atomic mass is 35.5. The van der Waals surface area contributed by atoms with Gasteiger partial charge in [-0.15, -0.1) is 12.4 Å². The van der Waals surface area contributed by atoms with E-state index in [9.17, 15) is 14.4 Å². The van der Waals surface area contributed by atoms with Gasteiger partial charge in [-0.05, 0) is 31.9 Å². The maximum atomic E-state index is 12.1. The number of halogens is 1. The van der Waals surface area contributed by atoms with Gasteiger partial charge in [-0.3, -0.25) is 15.2 Å². The summed E-state index contributed by atoms with van der Waals surface area (Å²) in [6.45, 7) is 2.06. The summed E-state index contributed by atoms with van der Waals surface area (Å²) in [7, 11) is 0. The van der Waals surface area contributed by atoms with Gasteiger partial charge < -0.3 is 10.5 Å². The first kappa shape index (κ1) is 23.5.